The average molecular weight is 477 g/mol. The van der Waals surface area contributed by atoms with Crippen molar-refractivity contribution in [1.29, 1.82) is 0 Å². The molecule has 33 heavy (non-hydrogen) atoms. The van der Waals surface area contributed by atoms with Crippen LogP contribution in [0.1, 0.15) is 20.6 Å². The summed E-state index contributed by atoms with van der Waals surface area (Å²) < 4.78 is 0. The molecule has 0 aliphatic carbocycles. The number of nitrogens with zero attached hydrogens (tertiary/aromatic N) is 1. The number of thioether (sulfide) groups is 1. The van der Waals surface area contributed by atoms with Crippen molar-refractivity contribution < 1.29 is 14.4 Å². The minimum atomic E-state index is -0.903. The van der Waals surface area contributed by atoms with Gasteiger partial charge in [0.15, 0.2) is 0 Å². The molecule has 0 fully saturated rings. The molecule has 0 unspecified atom stereocenters. The van der Waals surface area contributed by atoms with Crippen LogP contribution in [-0.2, 0) is 9.59 Å². The number of aromatic nitrogens is 1. The lowest BCUT2D eigenvalue weighted by Gasteiger charge is -2.27. The molecule has 0 radical (unpaired) electrons. The summed E-state index contributed by atoms with van der Waals surface area (Å²) in [5.41, 5.74) is 7.28. The van der Waals surface area contributed by atoms with E-state index in [1.165, 1.54) is 28.0 Å². The van der Waals surface area contributed by atoms with Crippen molar-refractivity contribution in [3.8, 4) is 0 Å². The number of carbonyl (C=O) groups excluding carboxylic acids is 3. The van der Waals surface area contributed by atoms with E-state index in [0.29, 0.717) is 11.4 Å². The molecule has 2 aromatic carbocycles. The minimum Gasteiger partial charge on any atom is -0.368 e. The van der Waals surface area contributed by atoms with E-state index in [4.69, 9.17) is 5.73 Å². The van der Waals surface area contributed by atoms with E-state index < -0.39 is 17.9 Å². The fourth-order valence-corrected chi connectivity index (χ4v) is 6.24. The third-order valence-electron chi connectivity index (χ3n) is 5.44. The van der Waals surface area contributed by atoms with Gasteiger partial charge < -0.3 is 20.9 Å². The van der Waals surface area contributed by atoms with E-state index in [2.05, 4.69) is 10.3 Å². The monoisotopic (exact) mass is 476 g/mol. The number of fused-ring (bicyclic) bond motifs is 2. The van der Waals surface area contributed by atoms with E-state index in [9.17, 15) is 14.4 Å². The van der Waals surface area contributed by atoms with Crippen LogP contribution in [0.5, 0.6) is 0 Å². The molecule has 3 heterocycles. The van der Waals surface area contributed by atoms with Crippen molar-refractivity contribution in [2.75, 3.05) is 11.4 Å². The normalized spacial score (nSPS) is 18.1. The third kappa shape index (κ3) is 4.12. The summed E-state index contributed by atoms with van der Waals surface area (Å²) in [5.74, 6) is -1.40. The van der Waals surface area contributed by atoms with Gasteiger partial charge in [0.2, 0.25) is 5.91 Å². The molecule has 4 N–H and O–H groups in total. The standard InChI is InChI=1S/C24H20N4O3S2/c25-20(29)13-28-17-8-3-4-9-18(17)33-22(19-10-5-11-32-19)21(24(28)31)27-23(30)16-12-14-6-1-2-7-15(14)26-16/h1-12,21-22,26H,13H2,(H2,25,29)(H,27,30)/t21-,22-/m1/s1. The number of rotatable bonds is 5. The quantitative estimate of drug-likeness (QED) is 0.408. The zero-order chi connectivity index (χ0) is 22.9. The molecule has 2 atom stereocenters. The Morgan fingerprint density at radius 2 is 1.85 bits per heavy atom. The van der Waals surface area contributed by atoms with Gasteiger partial charge in [0.1, 0.15) is 18.3 Å². The summed E-state index contributed by atoms with van der Waals surface area (Å²) in [7, 11) is 0. The Morgan fingerprint density at radius 3 is 2.61 bits per heavy atom. The van der Waals surface area contributed by atoms with Gasteiger partial charge >= 0.3 is 0 Å². The Morgan fingerprint density at radius 1 is 1.06 bits per heavy atom. The first-order valence-corrected chi connectivity index (χ1v) is 12.0. The Kier molecular flexibility index (Phi) is 5.65. The molecule has 0 saturated carbocycles. The SMILES string of the molecule is NC(=O)CN1C(=O)[C@H](NC(=O)c2cc3ccccc3[nH]2)[C@@H](c2cccs2)Sc2ccccc21. The van der Waals surface area contributed by atoms with Gasteiger partial charge in [-0.1, -0.05) is 36.4 Å². The minimum absolute atomic E-state index is 0.272. The lowest BCUT2D eigenvalue weighted by molar-refractivity contribution is -0.123. The number of anilines is 1. The molecular formula is C24H20N4O3S2. The van der Waals surface area contributed by atoms with Gasteiger partial charge in [-0.25, -0.2) is 0 Å². The smallest absolute Gasteiger partial charge is 0.268 e. The number of carbonyl (C=O) groups is 3. The molecule has 7 nitrogen and oxygen atoms in total. The lowest BCUT2D eigenvalue weighted by atomic mass is 10.1. The van der Waals surface area contributed by atoms with Gasteiger partial charge in [-0.2, -0.15) is 0 Å². The van der Waals surface area contributed by atoms with Crippen molar-refractivity contribution >= 4 is 57.4 Å². The van der Waals surface area contributed by atoms with Crippen LogP contribution in [0.15, 0.2) is 77.0 Å². The molecule has 5 rings (SSSR count). The highest BCUT2D eigenvalue weighted by atomic mass is 32.2. The zero-order valence-electron chi connectivity index (χ0n) is 17.4. The van der Waals surface area contributed by atoms with Crippen molar-refractivity contribution in [3.05, 3.63) is 82.7 Å². The van der Waals surface area contributed by atoms with Gasteiger partial charge in [-0.3, -0.25) is 14.4 Å². The van der Waals surface area contributed by atoms with Crippen LogP contribution >= 0.6 is 23.1 Å². The molecule has 1 aliphatic heterocycles. The molecule has 0 saturated heterocycles. The number of hydrogen-bond acceptors (Lipinski definition) is 5. The largest absolute Gasteiger partial charge is 0.368 e. The number of amides is 3. The Hall–Kier alpha value is -3.56. The second kappa shape index (κ2) is 8.76. The van der Waals surface area contributed by atoms with Crippen molar-refractivity contribution in [3.63, 3.8) is 0 Å². The van der Waals surface area contributed by atoms with Gasteiger partial charge in [0, 0.05) is 20.7 Å². The van der Waals surface area contributed by atoms with Gasteiger partial charge in [-0.05, 0) is 35.7 Å². The Labute approximate surface area is 198 Å². The predicted octanol–water partition coefficient (Wildman–Crippen LogP) is 3.69. The van der Waals surface area contributed by atoms with Crippen LogP contribution in [0.3, 0.4) is 0 Å². The number of nitrogens with one attached hydrogen (secondary N) is 2. The summed E-state index contributed by atoms with van der Waals surface area (Å²) in [6.45, 7) is -0.272. The van der Waals surface area contributed by atoms with Gasteiger partial charge in [0.25, 0.3) is 11.8 Å². The van der Waals surface area contributed by atoms with Crippen LogP contribution < -0.4 is 16.0 Å². The second-order valence-corrected chi connectivity index (χ2v) is 9.80. The number of H-pyrrole nitrogens is 1. The molecule has 1 aliphatic rings. The summed E-state index contributed by atoms with van der Waals surface area (Å²) in [6.07, 6.45) is 0. The Bertz CT molecular complexity index is 1320. The van der Waals surface area contributed by atoms with Crippen LogP contribution in [-0.4, -0.2) is 35.3 Å². The van der Waals surface area contributed by atoms with Gasteiger partial charge in [-0.15, -0.1) is 23.1 Å². The van der Waals surface area contributed by atoms with E-state index in [1.807, 2.05) is 60.0 Å². The fraction of sp³-hybridized carbons (Fsp3) is 0.125. The van der Waals surface area contributed by atoms with Gasteiger partial charge in [0.05, 0.1) is 10.9 Å². The lowest BCUT2D eigenvalue weighted by Crippen LogP contribution is -2.52. The third-order valence-corrected chi connectivity index (χ3v) is 7.93. The molecule has 9 heteroatoms. The number of para-hydroxylation sites is 2. The van der Waals surface area contributed by atoms with Crippen molar-refractivity contribution in [1.82, 2.24) is 10.3 Å². The highest BCUT2D eigenvalue weighted by Crippen LogP contribution is 2.46. The molecule has 0 bridgehead atoms. The van der Waals surface area contributed by atoms with E-state index in [1.54, 1.807) is 12.1 Å². The number of primary amides is 1. The van der Waals surface area contributed by atoms with Crippen LogP contribution in [0.25, 0.3) is 10.9 Å². The molecular weight excluding hydrogens is 456 g/mol. The fourth-order valence-electron chi connectivity index (χ4n) is 3.95. The molecule has 4 aromatic rings. The predicted molar refractivity (Wildman–Crippen MR) is 130 cm³/mol. The second-order valence-electron chi connectivity index (χ2n) is 7.63. The summed E-state index contributed by atoms with van der Waals surface area (Å²) in [5, 5.41) is 5.41. The maximum absolute atomic E-state index is 13.8. The highest BCUT2D eigenvalue weighted by molar-refractivity contribution is 8.00. The first kappa shape index (κ1) is 21.3. The molecule has 166 valence electrons. The first-order chi connectivity index (χ1) is 16.0. The zero-order valence-corrected chi connectivity index (χ0v) is 19.0. The number of thiophene rings is 1. The maximum Gasteiger partial charge on any atom is 0.268 e. The summed E-state index contributed by atoms with van der Waals surface area (Å²) >= 11 is 3.01. The number of benzene rings is 2. The van der Waals surface area contributed by atoms with E-state index in [0.717, 1.165) is 20.7 Å². The number of aromatic amines is 1. The molecule has 2 aromatic heterocycles. The molecule has 0 spiro atoms. The molecule has 3 amide bonds. The summed E-state index contributed by atoms with van der Waals surface area (Å²) in [4.78, 5) is 45.1. The Balaban J connectivity index is 1.55. The van der Waals surface area contributed by atoms with E-state index >= 15 is 0 Å². The first-order valence-electron chi connectivity index (χ1n) is 10.3. The van der Waals surface area contributed by atoms with Crippen molar-refractivity contribution in [2.24, 2.45) is 5.73 Å². The number of nitrogens with two attached hydrogens (primary N) is 1. The van der Waals surface area contributed by atoms with Crippen molar-refractivity contribution in [2.45, 2.75) is 16.2 Å². The van der Waals surface area contributed by atoms with Crippen LogP contribution in [0, 0.1) is 0 Å². The topological polar surface area (TPSA) is 108 Å². The van der Waals surface area contributed by atoms with Crippen LogP contribution in [0.4, 0.5) is 5.69 Å². The van der Waals surface area contributed by atoms with E-state index in [-0.39, 0.29) is 17.7 Å². The maximum atomic E-state index is 13.8. The number of hydrogen-bond donors (Lipinski definition) is 3. The average Bonchev–Trinajstić information content (AvgIpc) is 3.47. The summed E-state index contributed by atoms with van der Waals surface area (Å²) in [6, 6.07) is 19.7. The highest BCUT2D eigenvalue weighted by Gasteiger charge is 2.40. The van der Waals surface area contributed by atoms with Crippen LogP contribution in [0.2, 0.25) is 0 Å².